The highest BCUT2D eigenvalue weighted by molar-refractivity contribution is 8.13. The molecule has 15 heavy (non-hydrogen) atoms. The first-order valence-corrected chi connectivity index (χ1v) is 6.37. The first-order valence-electron chi connectivity index (χ1n) is 3.92. The van der Waals surface area contributed by atoms with Crippen molar-refractivity contribution in [2.75, 3.05) is 12.5 Å². The molecule has 0 rings (SSSR count). The van der Waals surface area contributed by atoms with Gasteiger partial charge in [-0.3, -0.25) is 0 Å². The molecule has 0 radical (unpaired) electrons. The molecule has 6 nitrogen and oxygen atoms in total. The molecular formula is C7H14N6S2. The van der Waals surface area contributed by atoms with Gasteiger partial charge in [0.2, 0.25) is 0 Å². The molecule has 8 heteroatoms. The molecule has 0 spiro atoms. The van der Waals surface area contributed by atoms with Crippen molar-refractivity contribution in [1.29, 1.82) is 0 Å². The summed E-state index contributed by atoms with van der Waals surface area (Å²) in [5.41, 5.74) is 11.4. The van der Waals surface area contributed by atoms with Gasteiger partial charge in [-0.2, -0.15) is 10.2 Å². The molecule has 0 aliphatic carbocycles. The largest absolute Gasteiger partial charge is 0.377 e. The molecule has 0 saturated heterocycles. The Kier molecular flexibility index (Phi) is 7.74. The van der Waals surface area contributed by atoms with Gasteiger partial charge in [0.05, 0.1) is 11.9 Å². The van der Waals surface area contributed by atoms with E-state index < -0.39 is 0 Å². The summed E-state index contributed by atoms with van der Waals surface area (Å²) in [4.78, 5) is 0. The summed E-state index contributed by atoms with van der Waals surface area (Å²) in [6, 6.07) is 0. The number of rotatable bonds is 3. The van der Waals surface area contributed by atoms with Crippen LogP contribution in [0.25, 0.3) is 0 Å². The molecule has 0 amide bonds. The summed E-state index contributed by atoms with van der Waals surface area (Å²) in [5, 5.41) is 15.7. The maximum Gasteiger partial charge on any atom is 0.180 e. The number of nitrogens with two attached hydrogens (primary N) is 2. The maximum atomic E-state index is 5.43. The molecule has 0 aromatic carbocycles. The van der Waals surface area contributed by atoms with Crippen LogP contribution in [0, 0.1) is 0 Å². The van der Waals surface area contributed by atoms with E-state index in [-0.39, 0.29) is 0 Å². The number of hydrogen-bond donors (Lipinski definition) is 2. The van der Waals surface area contributed by atoms with Crippen LogP contribution in [0.3, 0.4) is 0 Å². The Morgan fingerprint density at radius 1 is 1.00 bits per heavy atom. The zero-order valence-electron chi connectivity index (χ0n) is 8.84. The second-order valence-electron chi connectivity index (χ2n) is 2.27. The smallest absolute Gasteiger partial charge is 0.180 e. The summed E-state index contributed by atoms with van der Waals surface area (Å²) >= 11 is 2.65. The van der Waals surface area contributed by atoms with Crippen molar-refractivity contribution in [3.63, 3.8) is 0 Å². The van der Waals surface area contributed by atoms with Gasteiger partial charge in [-0.1, -0.05) is 23.5 Å². The monoisotopic (exact) mass is 246 g/mol. The van der Waals surface area contributed by atoms with E-state index >= 15 is 0 Å². The third-order valence-electron chi connectivity index (χ3n) is 1.13. The van der Waals surface area contributed by atoms with Crippen molar-refractivity contribution in [1.82, 2.24) is 0 Å². The lowest BCUT2D eigenvalue weighted by atomic mass is 10.5. The Labute approximate surface area is 97.4 Å². The van der Waals surface area contributed by atoms with Gasteiger partial charge >= 0.3 is 0 Å². The van der Waals surface area contributed by atoms with E-state index in [1.807, 2.05) is 12.5 Å². The fourth-order valence-corrected chi connectivity index (χ4v) is 0.656. The third kappa shape index (κ3) is 8.01. The zero-order valence-corrected chi connectivity index (χ0v) is 10.5. The van der Waals surface area contributed by atoms with Crippen LogP contribution in [0.15, 0.2) is 20.4 Å². The SMILES string of the molecule is CS\C(N)=N/N=C/C(C)=N/N=C(/N)SC. The van der Waals surface area contributed by atoms with Crippen molar-refractivity contribution < 1.29 is 0 Å². The molecule has 0 aromatic rings. The van der Waals surface area contributed by atoms with Gasteiger partial charge in [-0.15, -0.1) is 10.2 Å². The van der Waals surface area contributed by atoms with Crippen LogP contribution in [0.1, 0.15) is 6.92 Å². The molecular weight excluding hydrogens is 232 g/mol. The van der Waals surface area contributed by atoms with Crippen LogP contribution in [0.5, 0.6) is 0 Å². The van der Waals surface area contributed by atoms with E-state index in [2.05, 4.69) is 20.4 Å². The summed E-state index contributed by atoms with van der Waals surface area (Å²) in [6.07, 6.45) is 5.10. The first kappa shape index (κ1) is 14.0. The molecule has 4 N–H and O–H groups in total. The number of nitrogens with zero attached hydrogens (tertiary/aromatic N) is 4. The predicted molar refractivity (Wildman–Crippen MR) is 71.9 cm³/mol. The minimum absolute atomic E-state index is 0.395. The van der Waals surface area contributed by atoms with E-state index in [4.69, 9.17) is 11.5 Å². The summed E-state index contributed by atoms with van der Waals surface area (Å²) in [7, 11) is 0. The van der Waals surface area contributed by atoms with Gasteiger partial charge in [-0.25, -0.2) is 0 Å². The third-order valence-corrected chi connectivity index (χ3v) is 2.13. The van der Waals surface area contributed by atoms with Gasteiger partial charge in [-0.05, 0) is 19.4 Å². The van der Waals surface area contributed by atoms with Crippen molar-refractivity contribution in [2.24, 2.45) is 31.9 Å². The molecule has 0 aromatic heterocycles. The predicted octanol–water partition coefficient (Wildman–Crippen LogP) is 0.704. The van der Waals surface area contributed by atoms with E-state index in [1.165, 1.54) is 29.7 Å². The normalized spacial score (nSPS) is 15.0. The van der Waals surface area contributed by atoms with Gasteiger partial charge in [0, 0.05) is 0 Å². The lowest BCUT2D eigenvalue weighted by molar-refractivity contribution is 1.23. The topological polar surface area (TPSA) is 101 Å². The summed E-state index contributed by atoms with van der Waals surface area (Å²) < 4.78 is 0. The average molecular weight is 246 g/mol. The molecule has 0 aliphatic rings. The highest BCUT2D eigenvalue weighted by Crippen LogP contribution is 1.92. The Bertz CT molecular complexity index is 307. The molecule has 0 atom stereocenters. The molecule has 0 unspecified atom stereocenters. The maximum absolute atomic E-state index is 5.43. The quantitative estimate of drug-likeness (QED) is 0.435. The van der Waals surface area contributed by atoms with Crippen molar-refractivity contribution >= 4 is 45.8 Å². The Morgan fingerprint density at radius 2 is 1.53 bits per heavy atom. The lowest BCUT2D eigenvalue weighted by Gasteiger charge is -1.90. The van der Waals surface area contributed by atoms with Crippen molar-refractivity contribution in [3.05, 3.63) is 0 Å². The fourth-order valence-electron chi connectivity index (χ4n) is 0.405. The van der Waals surface area contributed by atoms with E-state index in [1.54, 1.807) is 6.92 Å². The fraction of sp³-hybridized carbons (Fsp3) is 0.429. The molecule has 0 heterocycles. The highest BCUT2D eigenvalue weighted by Gasteiger charge is 1.87. The Hall–Kier alpha value is -1.02. The number of hydrogen-bond acceptors (Lipinski definition) is 6. The summed E-state index contributed by atoms with van der Waals surface area (Å²) in [5.74, 6) is 0. The molecule has 0 saturated carbocycles. The highest BCUT2D eigenvalue weighted by atomic mass is 32.2. The summed E-state index contributed by atoms with van der Waals surface area (Å²) in [6.45, 7) is 1.74. The molecule has 0 aliphatic heterocycles. The van der Waals surface area contributed by atoms with Gasteiger partial charge in [0.15, 0.2) is 10.3 Å². The van der Waals surface area contributed by atoms with Crippen LogP contribution in [0.2, 0.25) is 0 Å². The van der Waals surface area contributed by atoms with E-state index in [0.717, 1.165) is 0 Å². The van der Waals surface area contributed by atoms with Gasteiger partial charge < -0.3 is 11.5 Å². The second kappa shape index (κ2) is 8.30. The molecule has 0 fully saturated rings. The molecule has 0 bridgehead atoms. The minimum atomic E-state index is 0.395. The van der Waals surface area contributed by atoms with Gasteiger partial charge in [0.1, 0.15) is 0 Å². The number of amidine groups is 2. The van der Waals surface area contributed by atoms with Gasteiger partial charge in [0.25, 0.3) is 0 Å². The van der Waals surface area contributed by atoms with Crippen LogP contribution in [0.4, 0.5) is 0 Å². The Balaban J connectivity index is 4.30. The minimum Gasteiger partial charge on any atom is -0.377 e. The van der Waals surface area contributed by atoms with E-state index in [9.17, 15) is 0 Å². The van der Waals surface area contributed by atoms with Crippen LogP contribution in [-0.4, -0.2) is 34.8 Å². The zero-order chi connectivity index (χ0) is 11.7. The lowest BCUT2D eigenvalue weighted by Crippen LogP contribution is -2.05. The van der Waals surface area contributed by atoms with E-state index in [0.29, 0.717) is 16.0 Å². The number of thioether (sulfide) groups is 2. The first-order chi connectivity index (χ1) is 7.10. The van der Waals surface area contributed by atoms with Crippen LogP contribution < -0.4 is 11.5 Å². The van der Waals surface area contributed by atoms with Crippen LogP contribution in [-0.2, 0) is 0 Å². The second-order valence-corrected chi connectivity index (χ2v) is 3.92. The average Bonchev–Trinajstić information content (AvgIpc) is 2.25. The van der Waals surface area contributed by atoms with Crippen molar-refractivity contribution in [3.8, 4) is 0 Å². The van der Waals surface area contributed by atoms with Crippen molar-refractivity contribution in [2.45, 2.75) is 6.92 Å². The molecule has 84 valence electrons. The van der Waals surface area contributed by atoms with Crippen LogP contribution >= 0.6 is 23.5 Å². The Morgan fingerprint density at radius 3 is 2.07 bits per heavy atom. The standard InChI is InChI=1S/C7H14N6S2/c1-5(11-13-7(9)15-3)4-10-12-6(8)14-2/h4H,1-3H3,(H2,8,12)(H2,9,13)/b10-4+,11-5+.